The van der Waals surface area contributed by atoms with E-state index in [4.69, 9.17) is 9.47 Å². The van der Waals surface area contributed by atoms with Gasteiger partial charge in [0.15, 0.2) is 0 Å². The first kappa shape index (κ1) is 28.5. The lowest BCUT2D eigenvalue weighted by Gasteiger charge is -2.40. The Bertz CT molecular complexity index is 1100. The normalized spacial score (nSPS) is 18.1. The molecule has 0 saturated heterocycles. The van der Waals surface area contributed by atoms with Gasteiger partial charge in [-0.3, -0.25) is 4.90 Å². The third-order valence-corrected chi connectivity index (χ3v) is 6.04. The number of nitrogens with zero attached hydrogens (tertiary/aromatic N) is 2. The van der Waals surface area contributed by atoms with Crippen molar-refractivity contribution in [2.24, 2.45) is 0 Å². The molecular weight excluding hydrogens is 504 g/mol. The summed E-state index contributed by atoms with van der Waals surface area (Å²) in [5.74, 6) is 0.288. The van der Waals surface area contributed by atoms with Crippen molar-refractivity contribution in [3.8, 4) is 5.88 Å². The lowest BCUT2D eigenvalue weighted by atomic mass is 9.92. The van der Waals surface area contributed by atoms with Crippen molar-refractivity contribution in [3.05, 3.63) is 52.2 Å². The number of rotatable bonds is 6. The minimum Gasteiger partial charge on any atom is -0.481 e. The number of carbonyl (C=O) groups excluding carboxylic acids is 1. The number of alkyl halides is 6. The summed E-state index contributed by atoms with van der Waals surface area (Å²) < 4.78 is 90.5. The van der Waals surface area contributed by atoms with E-state index in [1.807, 2.05) is 6.92 Å². The van der Waals surface area contributed by atoms with Crippen LogP contribution in [0.4, 0.5) is 36.8 Å². The summed E-state index contributed by atoms with van der Waals surface area (Å²) in [6, 6.07) is 2.27. The number of carbonyl (C=O) groups is 1. The summed E-state index contributed by atoms with van der Waals surface area (Å²) in [6.45, 7) is 6.76. The van der Waals surface area contributed by atoms with Crippen molar-refractivity contribution < 1.29 is 40.6 Å². The van der Waals surface area contributed by atoms with Crippen LogP contribution in [-0.2, 0) is 23.6 Å². The maximum Gasteiger partial charge on any atom is 0.416 e. The van der Waals surface area contributed by atoms with E-state index >= 15 is 0 Å². The second kappa shape index (κ2) is 10.8. The number of amides is 1. The van der Waals surface area contributed by atoms with Crippen LogP contribution in [0.25, 0.3) is 0 Å². The molecule has 0 spiro atoms. The summed E-state index contributed by atoms with van der Waals surface area (Å²) in [5, 5.41) is 3.06. The molecule has 0 saturated carbocycles. The number of aryl methyl sites for hydroxylation is 1. The van der Waals surface area contributed by atoms with Crippen LogP contribution in [0.5, 0.6) is 5.88 Å². The molecule has 2 aromatic rings. The van der Waals surface area contributed by atoms with Crippen LogP contribution in [0, 0.1) is 6.92 Å². The van der Waals surface area contributed by atoms with Crippen LogP contribution in [-0.4, -0.2) is 30.3 Å². The van der Waals surface area contributed by atoms with Crippen LogP contribution in [0.15, 0.2) is 24.3 Å². The Hall–Kier alpha value is -3.02. The fraction of sp³-hybridized carbons (Fsp3) is 0.520. The Kier molecular flexibility index (Phi) is 8.31. The highest BCUT2D eigenvalue weighted by atomic mass is 19.4. The molecule has 204 valence electrons. The molecule has 2 heterocycles. The smallest absolute Gasteiger partial charge is 0.416 e. The third kappa shape index (κ3) is 6.46. The number of anilines is 1. The first-order valence-electron chi connectivity index (χ1n) is 11.7. The summed E-state index contributed by atoms with van der Waals surface area (Å²) in [7, 11) is 1.42. The molecule has 0 bridgehead atoms. The molecular formula is C25H29F6N3O3. The average Bonchev–Trinajstić information content (AvgIpc) is 2.79. The van der Waals surface area contributed by atoms with Crippen molar-refractivity contribution in [1.82, 2.24) is 10.3 Å². The molecule has 1 N–H and O–H groups in total. The largest absolute Gasteiger partial charge is 0.481 e. The van der Waals surface area contributed by atoms with E-state index in [2.05, 4.69) is 10.3 Å². The van der Waals surface area contributed by atoms with E-state index in [1.165, 1.54) is 12.0 Å². The van der Waals surface area contributed by atoms with Crippen LogP contribution in [0.2, 0.25) is 0 Å². The van der Waals surface area contributed by atoms with E-state index in [1.54, 1.807) is 26.8 Å². The molecule has 0 fully saturated rings. The molecule has 37 heavy (non-hydrogen) atoms. The number of aromatic nitrogens is 1. The van der Waals surface area contributed by atoms with Gasteiger partial charge in [0.2, 0.25) is 5.88 Å². The molecule has 1 aromatic carbocycles. The molecule has 1 aromatic heterocycles. The maximum atomic E-state index is 13.3. The second-order valence-electron chi connectivity index (χ2n) is 9.17. The molecule has 2 atom stereocenters. The van der Waals surface area contributed by atoms with E-state index in [-0.39, 0.29) is 36.2 Å². The Morgan fingerprint density at radius 1 is 1.11 bits per heavy atom. The molecule has 1 aliphatic rings. The summed E-state index contributed by atoms with van der Waals surface area (Å²) in [5.41, 5.74) is -1.47. The number of benzene rings is 1. The molecule has 12 heteroatoms. The van der Waals surface area contributed by atoms with E-state index in [9.17, 15) is 31.1 Å². The highest BCUT2D eigenvalue weighted by molar-refractivity contribution is 5.90. The lowest BCUT2D eigenvalue weighted by Crippen LogP contribution is -2.47. The quantitative estimate of drug-likeness (QED) is 0.414. The zero-order valence-corrected chi connectivity index (χ0v) is 21.0. The summed E-state index contributed by atoms with van der Waals surface area (Å²) in [4.78, 5) is 19.0. The number of fused-ring (bicyclic) bond motifs is 1. The van der Waals surface area contributed by atoms with Gasteiger partial charge in [-0.1, -0.05) is 6.92 Å². The Morgan fingerprint density at radius 2 is 1.70 bits per heavy atom. The topological polar surface area (TPSA) is 63.7 Å². The van der Waals surface area contributed by atoms with E-state index < -0.39 is 35.6 Å². The third-order valence-electron chi connectivity index (χ3n) is 6.04. The second-order valence-corrected chi connectivity index (χ2v) is 9.17. The number of methoxy groups -OCH3 is 1. The first-order valence-corrected chi connectivity index (χ1v) is 11.7. The SMILES string of the molecule is CC[C@@H]1C[C@H](NCc2cc(C(F)(F)F)cc(C(F)(F)F)c2)c2nc(OC)c(C)cc2N1C(=O)OC(C)C. The number of pyridine rings is 1. The lowest BCUT2D eigenvalue weighted by molar-refractivity contribution is -0.143. The fourth-order valence-corrected chi connectivity index (χ4v) is 4.33. The molecule has 3 rings (SSSR count). The molecule has 1 aliphatic heterocycles. The number of hydrogen-bond donors (Lipinski definition) is 1. The average molecular weight is 534 g/mol. The predicted molar refractivity (Wildman–Crippen MR) is 124 cm³/mol. The fourth-order valence-electron chi connectivity index (χ4n) is 4.33. The zero-order chi connectivity index (χ0) is 27.7. The van der Waals surface area contributed by atoms with Gasteiger partial charge in [0.05, 0.1) is 41.8 Å². The monoisotopic (exact) mass is 533 g/mol. The molecule has 0 aliphatic carbocycles. The van der Waals surface area contributed by atoms with Crippen molar-refractivity contribution in [2.45, 2.75) is 77.6 Å². The minimum atomic E-state index is -4.94. The Morgan fingerprint density at radius 3 is 2.19 bits per heavy atom. The maximum absolute atomic E-state index is 13.3. The van der Waals surface area contributed by atoms with Gasteiger partial charge in [0.25, 0.3) is 0 Å². The molecule has 0 unspecified atom stereocenters. The Balaban J connectivity index is 2.01. The van der Waals surface area contributed by atoms with Crippen molar-refractivity contribution in [3.63, 3.8) is 0 Å². The highest BCUT2D eigenvalue weighted by Crippen LogP contribution is 2.41. The van der Waals surface area contributed by atoms with Gasteiger partial charge in [-0.2, -0.15) is 26.3 Å². The van der Waals surface area contributed by atoms with Gasteiger partial charge in [0.1, 0.15) is 0 Å². The van der Waals surface area contributed by atoms with Gasteiger partial charge < -0.3 is 14.8 Å². The van der Waals surface area contributed by atoms with Crippen molar-refractivity contribution >= 4 is 11.8 Å². The number of nitrogens with one attached hydrogen (secondary N) is 1. The Labute approximate surface area is 211 Å². The number of halogens is 6. The molecule has 0 radical (unpaired) electrons. The minimum absolute atomic E-state index is 0.0972. The van der Waals surface area contributed by atoms with E-state index in [0.717, 1.165) is 0 Å². The number of ether oxygens (including phenoxy) is 2. The summed E-state index contributed by atoms with van der Waals surface area (Å²) >= 11 is 0. The predicted octanol–water partition coefficient (Wildman–Crippen LogP) is 6.80. The van der Waals surface area contributed by atoms with Gasteiger partial charge in [-0.15, -0.1) is 0 Å². The van der Waals surface area contributed by atoms with Crippen LogP contribution in [0.3, 0.4) is 0 Å². The standard InChI is InChI=1S/C25H29F6N3O3/c1-6-18-11-19(32-12-15-8-16(24(26,27)28)10-17(9-15)25(29,30)31)21-20(7-14(4)22(33-21)36-5)34(18)23(35)37-13(2)3/h7-10,13,18-19,32H,6,11-12H2,1-5H3/t18-,19+/m1/s1. The van der Waals surface area contributed by atoms with Gasteiger partial charge in [-0.05, 0) is 63.4 Å². The van der Waals surface area contributed by atoms with Gasteiger partial charge in [0, 0.05) is 18.2 Å². The van der Waals surface area contributed by atoms with Crippen LogP contribution in [0.1, 0.15) is 67.6 Å². The van der Waals surface area contributed by atoms with Crippen LogP contribution < -0.4 is 15.0 Å². The van der Waals surface area contributed by atoms with E-state index in [0.29, 0.717) is 41.9 Å². The highest BCUT2D eigenvalue weighted by Gasteiger charge is 2.39. The van der Waals surface area contributed by atoms with Gasteiger partial charge in [-0.25, -0.2) is 9.78 Å². The molecule has 1 amide bonds. The first-order chi connectivity index (χ1) is 17.1. The van der Waals surface area contributed by atoms with Crippen molar-refractivity contribution in [2.75, 3.05) is 12.0 Å². The van der Waals surface area contributed by atoms with Crippen molar-refractivity contribution in [1.29, 1.82) is 0 Å². The number of hydrogen-bond acceptors (Lipinski definition) is 5. The summed E-state index contributed by atoms with van der Waals surface area (Å²) in [6.07, 6.45) is -9.99. The zero-order valence-electron chi connectivity index (χ0n) is 21.0. The molecule has 6 nitrogen and oxygen atoms in total. The van der Waals surface area contributed by atoms with Gasteiger partial charge >= 0.3 is 18.4 Å². The van der Waals surface area contributed by atoms with Crippen LogP contribution >= 0.6 is 0 Å².